The van der Waals surface area contributed by atoms with Gasteiger partial charge in [0.15, 0.2) is 5.82 Å². The predicted molar refractivity (Wildman–Crippen MR) is 142 cm³/mol. The van der Waals surface area contributed by atoms with E-state index in [4.69, 9.17) is 14.2 Å². The molecule has 0 unspecified atom stereocenters. The van der Waals surface area contributed by atoms with Gasteiger partial charge in [-0.2, -0.15) is 0 Å². The van der Waals surface area contributed by atoms with Gasteiger partial charge < -0.3 is 14.2 Å². The van der Waals surface area contributed by atoms with Gasteiger partial charge in [-0.15, -0.1) is 10.2 Å². The third-order valence-electron chi connectivity index (χ3n) is 6.97. The molecule has 1 aliphatic carbocycles. The zero-order chi connectivity index (χ0) is 27.0. The summed E-state index contributed by atoms with van der Waals surface area (Å²) in [6.07, 6.45) is 4.74. The number of rotatable bonds is 10. The third kappa shape index (κ3) is 5.28. The van der Waals surface area contributed by atoms with Gasteiger partial charge in [-0.25, -0.2) is 8.42 Å². The minimum absolute atomic E-state index is 0.00921. The van der Waals surface area contributed by atoms with E-state index >= 15 is 0 Å². The van der Waals surface area contributed by atoms with Crippen molar-refractivity contribution in [1.29, 1.82) is 0 Å². The first-order valence-electron chi connectivity index (χ1n) is 12.1. The Morgan fingerprint density at radius 1 is 1.08 bits per heavy atom. The van der Waals surface area contributed by atoms with Gasteiger partial charge in [-0.1, -0.05) is 19.9 Å². The average molecular weight is 530 g/mol. The van der Waals surface area contributed by atoms with Gasteiger partial charge in [-0.3, -0.25) is 14.3 Å². The lowest BCUT2D eigenvalue weighted by Gasteiger charge is -2.47. The van der Waals surface area contributed by atoms with Crippen LogP contribution < -0.4 is 14.2 Å². The normalized spacial score (nSPS) is 17.1. The van der Waals surface area contributed by atoms with Crippen molar-refractivity contribution in [3.05, 3.63) is 42.2 Å². The van der Waals surface area contributed by atoms with Crippen molar-refractivity contribution in [1.82, 2.24) is 19.7 Å². The quantitative estimate of drug-likeness (QED) is 0.415. The molecule has 37 heavy (non-hydrogen) atoms. The van der Waals surface area contributed by atoms with Crippen LogP contribution in [0.3, 0.4) is 0 Å². The van der Waals surface area contributed by atoms with E-state index in [9.17, 15) is 8.42 Å². The summed E-state index contributed by atoms with van der Waals surface area (Å²) in [7, 11) is 0.704. The molecule has 10 nitrogen and oxygen atoms in total. The Morgan fingerprint density at radius 3 is 2.27 bits per heavy atom. The Balaban J connectivity index is 1.80. The number of pyridine rings is 1. The average Bonchev–Trinajstić information content (AvgIpc) is 3.24. The maximum atomic E-state index is 13.7. The third-order valence-corrected chi connectivity index (χ3v) is 8.69. The van der Waals surface area contributed by atoms with Crippen molar-refractivity contribution in [3.8, 4) is 28.6 Å². The van der Waals surface area contributed by atoms with Crippen molar-refractivity contribution in [3.63, 3.8) is 0 Å². The van der Waals surface area contributed by atoms with Gasteiger partial charge in [0.25, 0.3) is 0 Å². The molecule has 1 saturated carbocycles. The first-order chi connectivity index (χ1) is 17.5. The van der Waals surface area contributed by atoms with Crippen LogP contribution in [-0.2, 0) is 14.8 Å². The Bertz CT molecular complexity index is 1340. The van der Waals surface area contributed by atoms with E-state index in [0.717, 1.165) is 18.4 Å². The Kier molecular flexibility index (Phi) is 7.48. The highest BCUT2D eigenvalue weighted by molar-refractivity contribution is 7.93. The molecule has 3 aromatic rings. The first-order valence-corrected chi connectivity index (χ1v) is 13.7. The summed E-state index contributed by atoms with van der Waals surface area (Å²) in [6, 6.07) is 7.21. The molecule has 0 spiro atoms. The summed E-state index contributed by atoms with van der Waals surface area (Å²) in [4.78, 5) is 4.27. The molecule has 0 aliphatic heterocycles. The minimum atomic E-state index is -3.93. The van der Waals surface area contributed by atoms with Crippen LogP contribution in [0.2, 0.25) is 0 Å². The molecule has 0 amide bonds. The van der Waals surface area contributed by atoms with Crippen LogP contribution in [0.4, 0.5) is 5.95 Å². The van der Waals surface area contributed by atoms with E-state index in [0.29, 0.717) is 28.6 Å². The highest BCUT2D eigenvalue weighted by atomic mass is 32.2. The number of hydrogen-bond donors (Lipinski definition) is 1. The van der Waals surface area contributed by atoms with Crippen LogP contribution in [0.25, 0.3) is 17.1 Å². The molecule has 0 bridgehead atoms. The molecule has 1 fully saturated rings. The van der Waals surface area contributed by atoms with Crippen molar-refractivity contribution < 1.29 is 22.6 Å². The number of aryl methyl sites for hydroxylation is 1. The lowest BCUT2D eigenvalue weighted by Crippen LogP contribution is -2.48. The zero-order valence-electron chi connectivity index (χ0n) is 22.3. The number of sulfonamides is 1. The minimum Gasteiger partial charge on any atom is -0.494 e. The second-order valence-corrected chi connectivity index (χ2v) is 12.4. The van der Waals surface area contributed by atoms with Crippen LogP contribution in [0.15, 0.2) is 36.7 Å². The van der Waals surface area contributed by atoms with Crippen LogP contribution in [0, 0.1) is 18.3 Å². The van der Waals surface area contributed by atoms with Gasteiger partial charge >= 0.3 is 0 Å². The number of nitrogens with one attached hydrogen (secondary N) is 1. The number of hydrogen-bond acceptors (Lipinski definition) is 8. The fourth-order valence-corrected chi connectivity index (χ4v) is 6.49. The number of anilines is 1. The number of methoxy groups -OCH3 is 3. The van der Waals surface area contributed by atoms with Crippen molar-refractivity contribution >= 4 is 16.0 Å². The molecule has 0 radical (unpaired) electrons. The van der Waals surface area contributed by atoms with E-state index in [-0.39, 0.29) is 17.3 Å². The highest BCUT2D eigenvalue weighted by Crippen LogP contribution is 2.48. The van der Waals surface area contributed by atoms with E-state index in [1.807, 2.05) is 13.0 Å². The number of nitrogens with zero attached hydrogens (tertiary/aromatic N) is 4. The van der Waals surface area contributed by atoms with E-state index in [1.54, 1.807) is 49.2 Å². The Labute approximate surface area is 218 Å². The summed E-state index contributed by atoms with van der Waals surface area (Å²) in [5.41, 5.74) is 2.23. The Hall–Kier alpha value is -3.18. The summed E-state index contributed by atoms with van der Waals surface area (Å²) in [6.45, 7) is 7.94. The smallest absolute Gasteiger partial charge is 0.243 e. The monoisotopic (exact) mass is 529 g/mol. The molecular weight excluding hydrogens is 494 g/mol. The highest BCUT2D eigenvalue weighted by Gasteiger charge is 2.45. The van der Waals surface area contributed by atoms with E-state index in [2.05, 4.69) is 33.8 Å². The van der Waals surface area contributed by atoms with E-state index in [1.165, 1.54) is 14.2 Å². The summed E-state index contributed by atoms with van der Waals surface area (Å²) >= 11 is 0. The van der Waals surface area contributed by atoms with Crippen LogP contribution in [-0.4, -0.2) is 60.8 Å². The number of aromatic nitrogens is 4. The second kappa shape index (κ2) is 10.3. The van der Waals surface area contributed by atoms with Crippen molar-refractivity contribution in [2.75, 3.05) is 26.1 Å². The molecule has 11 heteroatoms. The van der Waals surface area contributed by atoms with E-state index < -0.39 is 21.4 Å². The summed E-state index contributed by atoms with van der Waals surface area (Å²) in [5, 5.41) is 7.77. The lowest BCUT2D eigenvalue weighted by molar-refractivity contribution is -0.0367. The standard InChI is InChI=1S/C26H35N5O5S/c1-16-11-18(15-27-14-16)24-28-29-25(31(24)22-20(34-5)9-8-10-21(22)35-6)30-37(32,33)17(2)23(36-7)19-12-26(3,4)13-19/h8-11,14-15,17,19,23H,12-13H2,1-7H3,(H,29,30)/t17-,23-/m1/s1. The number of benzene rings is 1. The molecule has 200 valence electrons. The van der Waals surface area contributed by atoms with Crippen molar-refractivity contribution in [2.24, 2.45) is 11.3 Å². The van der Waals surface area contributed by atoms with Crippen molar-refractivity contribution in [2.45, 2.75) is 51.9 Å². The van der Waals surface area contributed by atoms with Gasteiger partial charge in [0, 0.05) is 25.1 Å². The number of para-hydroxylation sites is 1. The van der Waals surface area contributed by atoms with Crippen LogP contribution >= 0.6 is 0 Å². The number of ether oxygens (including phenoxy) is 3. The molecule has 2 atom stereocenters. The fourth-order valence-electron chi connectivity index (χ4n) is 5.23. The largest absolute Gasteiger partial charge is 0.494 e. The van der Waals surface area contributed by atoms with Crippen LogP contribution in [0.5, 0.6) is 11.5 Å². The molecule has 2 aromatic heterocycles. The van der Waals surface area contributed by atoms with Gasteiger partial charge in [0.2, 0.25) is 16.0 Å². The maximum absolute atomic E-state index is 13.7. The van der Waals surface area contributed by atoms with Gasteiger partial charge in [-0.05, 0) is 61.8 Å². The molecule has 1 N–H and O–H groups in total. The van der Waals surface area contributed by atoms with Gasteiger partial charge in [0.05, 0.1) is 20.3 Å². The summed E-state index contributed by atoms with van der Waals surface area (Å²) in [5.74, 6) is 1.47. The SMILES string of the molecule is COc1cccc(OC)c1-n1c(NS(=O)(=O)[C@H](C)[C@@H](OC)C2CC(C)(C)C2)nnc1-c1cncc(C)c1. The van der Waals surface area contributed by atoms with Crippen LogP contribution in [0.1, 0.15) is 39.2 Å². The predicted octanol–water partition coefficient (Wildman–Crippen LogP) is 4.24. The van der Waals surface area contributed by atoms with Gasteiger partial charge in [0.1, 0.15) is 22.4 Å². The molecule has 4 rings (SSSR count). The molecule has 1 aliphatic rings. The first kappa shape index (κ1) is 26.9. The second-order valence-electron chi connectivity index (χ2n) is 10.3. The summed E-state index contributed by atoms with van der Waals surface area (Å²) < 4.78 is 48.5. The maximum Gasteiger partial charge on any atom is 0.243 e. The Morgan fingerprint density at radius 2 is 1.73 bits per heavy atom. The molecule has 1 aromatic carbocycles. The molecule has 2 heterocycles. The lowest BCUT2D eigenvalue weighted by atomic mass is 9.62. The molecular formula is C26H35N5O5S. The molecule has 0 saturated heterocycles. The topological polar surface area (TPSA) is 117 Å². The zero-order valence-corrected chi connectivity index (χ0v) is 23.2. The fraction of sp³-hybridized carbons (Fsp3) is 0.500.